The number of hydrogen-bond acceptors (Lipinski definition) is 3. The fourth-order valence-electron chi connectivity index (χ4n) is 1.61. The molecule has 0 aromatic carbocycles. The van der Waals surface area contributed by atoms with Crippen LogP contribution in [-0.4, -0.2) is 22.7 Å². The molecular weight excluding hydrogens is 268 g/mol. The number of hydrogen-bond donors (Lipinski definition) is 2. The highest BCUT2D eigenvalue weighted by Gasteiger charge is 2.10. The number of aromatic nitrogens is 1. The minimum Gasteiger partial charge on any atom is -0.396 e. The highest BCUT2D eigenvalue weighted by molar-refractivity contribution is 9.10. The summed E-state index contributed by atoms with van der Waals surface area (Å²) in [7, 11) is 0. The Kier molecular flexibility index (Phi) is 5.77. The summed E-state index contributed by atoms with van der Waals surface area (Å²) < 4.78 is 0.975. The van der Waals surface area contributed by atoms with Crippen LogP contribution in [0.1, 0.15) is 26.7 Å². The topological polar surface area (TPSA) is 45.1 Å². The monoisotopic (exact) mass is 286 g/mol. The summed E-state index contributed by atoms with van der Waals surface area (Å²) >= 11 is 3.40. The summed E-state index contributed by atoms with van der Waals surface area (Å²) in [6, 6.07) is 2.40. The molecule has 4 heteroatoms. The van der Waals surface area contributed by atoms with E-state index in [2.05, 4.69) is 40.1 Å². The van der Waals surface area contributed by atoms with Gasteiger partial charge in [0.25, 0.3) is 0 Å². The van der Waals surface area contributed by atoms with Crippen molar-refractivity contribution >= 4 is 21.6 Å². The minimum absolute atomic E-state index is 0.245. The van der Waals surface area contributed by atoms with E-state index in [1.807, 2.05) is 12.3 Å². The second-order valence-corrected chi connectivity index (χ2v) is 5.08. The first-order valence-electron chi connectivity index (χ1n) is 5.63. The van der Waals surface area contributed by atoms with Gasteiger partial charge in [0, 0.05) is 23.3 Å². The van der Waals surface area contributed by atoms with Crippen molar-refractivity contribution < 1.29 is 5.11 Å². The van der Waals surface area contributed by atoms with Crippen LogP contribution in [0.15, 0.2) is 22.9 Å². The Morgan fingerprint density at radius 3 is 2.81 bits per heavy atom. The van der Waals surface area contributed by atoms with Crippen molar-refractivity contribution in [1.29, 1.82) is 0 Å². The van der Waals surface area contributed by atoms with Crippen LogP contribution in [0.2, 0.25) is 0 Å². The predicted molar refractivity (Wildman–Crippen MR) is 70.5 cm³/mol. The second-order valence-electron chi connectivity index (χ2n) is 4.16. The molecule has 1 aromatic rings. The van der Waals surface area contributed by atoms with Crippen LogP contribution in [0, 0.1) is 5.92 Å². The van der Waals surface area contributed by atoms with Crippen molar-refractivity contribution in [3.63, 3.8) is 0 Å². The molecule has 0 unspecified atom stereocenters. The van der Waals surface area contributed by atoms with Crippen molar-refractivity contribution in [3.05, 3.63) is 22.9 Å². The maximum absolute atomic E-state index is 9.04. The zero-order valence-corrected chi connectivity index (χ0v) is 11.4. The summed E-state index contributed by atoms with van der Waals surface area (Å²) in [6.07, 6.45) is 5.59. The summed E-state index contributed by atoms with van der Waals surface area (Å²) in [6.45, 7) is 4.45. The number of rotatable bonds is 6. The molecule has 0 aliphatic heterocycles. The predicted octanol–water partition coefficient (Wildman–Crippen LogP) is 3.05. The highest BCUT2D eigenvalue weighted by Crippen LogP contribution is 2.18. The maximum atomic E-state index is 9.04. The van der Waals surface area contributed by atoms with Crippen molar-refractivity contribution in [1.82, 2.24) is 4.98 Å². The van der Waals surface area contributed by atoms with Crippen LogP contribution in [0.5, 0.6) is 0 Å². The van der Waals surface area contributed by atoms with Crippen LogP contribution >= 0.6 is 15.9 Å². The Hall–Kier alpha value is -0.610. The Balaban J connectivity index is 2.56. The van der Waals surface area contributed by atoms with Gasteiger partial charge in [-0.25, -0.2) is 0 Å². The average Bonchev–Trinajstić information content (AvgIpc) is 2.28. The Labute approximate surface area is 105 Å². The first kappa shape index (κ1) is 13.5. The fraction of sp³-hybridized carbons (Fsp3) is 0.583. The Bertz CT molecular complexity index is 320. The SMILES string of the molecule is CC[C@@H](C[C@H](C)CO)Nc1cncc(Br)c1. The number of halogens is 1. The van der Waals surface area contributed by atoms with Gasteiger partial charge in [0.2, 0.25) is 0 Å². The van der Waals surface area contributed by atoms with E-state index < -0.39 is 0 Å². The van der Waals surface area contributed by atoms with Gasteiger partial charge in [0.05, 0.1) is 11.9 Å². The van der Waals surface area contributed by atoms with Gasteiger partial charge in [-0.1, -0.05) is 13.8 Å². The normalized spacial score (nSPS) is 14.5. The first-order valence-corrected chi connectivity index (χ1v) is 6.43. The number of nitrogens with zero attached hydrogens (tertiary/aromatic N) is 1. The van der Waals surface area contributed by atoms with Crippen LogP contribution in [-0.2, 0) is 0 Å². The van der Waals surface area contributed by atoms with E-state index in [1.165, 1.54) is 0 Å². The average molecular weight is 287 g/mol. The van der Waals surface area contributed by atoms with Crippen LogP contribution in [0.3, 0.4) is 0 Å². The molecule has 0 bridgehead atoms. The Morgan fingerprint density at radius 2 is 2.25 bits per heavy atom. The molecule has 0 saturated heterocycles. The van der Waals surface area contributed by atoms with E-state index in [0.29, 0.717) is 12.0 Å². The molecule has 0 amide bonds. The third-order valence-corrected chi connectivity index (χ3v) is 3.00. The van der Waals surface area contributed by atoms with Gasteiger partial charge in [-0.15, -0.1) is 0 Å². The lowest BCUT2D eigenvalue weighted by Crippen LogP contribution is -2.22. The molecular formula is C12H19BrN2O. The van der Waals surface area contributed by atoms with E-state index in [-0.39, 0.29) is 6.61 Å². The molecule has 1 rings (SSSR count). The summed E-state index contributed by atoms with van der Waals surface area (Å²) in [5.74, 6) is 0.331. The number of aliphatic hydroxyl groups excluding tert-OH is 1. The molecule has 0 aliphatic carbocycles. The molecule has 2 N–H and O–H groups in total. The zero-order chi connectivity index (χ0) is 12.0. The van der Waals surface area contributed by atoms with E-state index in [9.17, 15) is 0 Å². The molecule has 1 heterocycles. The number of nitrogens with one attached hydrogen (secondary N) is 1. The number of pyridine rings is 1. The lowest BCUT2D eigenvalue weighted by molar-refractivity contribution is 0.224. The summed E-state index contributed by atoms with van der Waals surface area (Å²) in [5, 5.41) is 12.5. The third kappa shape index (κ3) is 4.49. The molecule has 3 nitrogen and oxygen atoms in total. The van der Waals surface area contributed by atoms with Gasteiger partial charge in [0.15, 0.2) is 0 Å². The molecule has 90 valence electrons. The van der Waals surface area contributed by atoms with Gasteiger partial charge >= 0.3 is 0 Å². The van der Waals surface area contributed by atoms with Gasteiger partial charge in [-0.05, 0) is 40.8 Å². The van der Waals surface area contributed by atoms with E-state index in [1.54, 1.807) is 6.20 Å². The number of aliphatic hydroxyl groups is 1. The molecule has 0 aliphatic rings. The molecule has 0 spiro atoms. The molecule has 0 radical (unpaired) electrons. The second kappa shape index (κ2) is 6.86. The zero-order valence-electron chi connectivity index (χ0n) is 9.78. The highest BCUT2D eigenvalue weighted by atomic mass is 79.9. The summed E-state index contributed by atoms with van der Waals surface area (Å²) in [5.41, 5.74) is 1.02. The van der Waals surface area contributed by atoms with E-state index >= 15 is 0 Å². The smallest absolute Gasteiger partial charge is 0.0540 e. The summed E-state index contributed by atoms with van der Waals surface area (Å²) in [4.78, 5) is 4.11. The van der Waals surface area contributed by atoms with Gasteiger partial charge < -0.3 is 10.4 Å². The fourth-order valence-corrected chi connectivity index (χ4v) is 1.98. The standard InChI is InChI=1S/C12H19BrN2O/c1-3-11(4-9(2)8-16)15-12-5-10(13)6-14-7-12/h5-7,9,11,15-16H,3-4,8H2,1-2H3/t9-,11-/m0/s1. The van der Waals surface area contributed by atoms with Gasteiger partial charge in [-0.2, -0.15) is 0 Å². The van der Waals surface area contributed by atoms with Crippen LogP contribution in [0.25, 0.3) is 0 Å². The lowest BCUT2D eigenvalue weighted by atomic mass is 10.0. The first-order chi connectivity index (χ1) is 7.65. The largest absolute Gasteiger partial charge is 0.396 e. The van der Waals surface area contributed by atoms with E-state index in [4.69, 9.17) is 5.11 Å². The number of anilines is 1. The van der Waals surface area contributed by atoms with Crippen molar-refractivity contribution in [2.75, 3.05) is 11.9 Å². The van der Waals surface area contributed by atoms with E-state index in [0.717, 1.165) is 23.0 Å². The van der Waals surface area contributed by atoms with Gasteiger partial charge in [-0.3, -0.25) is 4.98 Å². The van der Waals surface area contributed by atoms with Crippen LogP contribution in [0.4, 0.5) is 5.69 Å². The molecule has 1 aromatic heterocycles. The van der Waals surface area contributed by atoms with Crippen LogP contribution < -0.4 is 5.32 Å². The quantitative estimate of drug-likeness (QED) is 0.845. The molecule has 0 fully saturated rings. The van der Waals surface area contributed by atoms with Gasteiger partial charge in [0.1, 0.15) is 0 Å². The lowest BCUT2D eigenvalue weighted by Gasteiger charge is -2.20. The molecule has 16 heavy (non-hydrogen) atoms. The van der Waals surface area contributed by atoms with Crippen molar-refractivity contribution in [2.24, 2.45) is 5.92 Å². The Morgan fingerprint density at radius 1 is 1.50 bits per heavy atom. The maximum Gasteiger partial charge on any atom is 0.0540 e. The van der Waals surface area contributed by atoms with Crippen molar-refractivity contribution in [2.45, 2.75) is 32.7 Å². The molecule has 2 atom stereocenters. The third-order valence-electron chi connectivity index (χ3n) is 2.57. The minimum atomic E-state index is 0.245. The van der Waals surface area contributed by atoms with Crippen molar-refractivity contribution in [3.8, 4) is 0 Å². The molecule has 0 saturated carbocycles.